The minimum absolute atomic E-state index is 0.204. The molecule has 1 aliphatic heterocycles. The number of carbonyl (C=O) groups excluding carboxylic acids is 1. The number of aliphatic hydroxyl groups excluding tert-OH is 1. The molecular weight excluding hydrogens is 190 g/mol. The Labute approximate surface area is 89.3 Å². The van der Waals surface area contributed by atoms with E-state index in [1.54, 1.807) is 0 Å². The first-order valence-corrected chi connectivity index (χ1v) is 5.28. The third kappa shape index (κ3) is 2.02. The predicted octanol–water partition coefficient (Wildman–Crippen LogP) is 1.46. The number of aliphatic hydroxyl groups is 1. The average Bonchev–Trinajstić information content (AvgIpc) is 2.77. The molecule has 0 amide bonds. The van der Waals surface area contributed by atoms with Gasteiger partial charge in [-0.15, -0.1) is 0 Å². The SMILES string of the molecule is O=Cc1ccc(N2CCCC2CO)cc1. The molecule has 1 aromatic rings. The molecule has 0 aliphatic carbocycles. The van der Waals surface area contributed by atoms with Crippen LogP contribution < -0.4 is 4.90 Å². The van der Waals surface area contributed by atoms with Gasteiger partial charge in [-0.2, -0.15) is 0 Å². The van der Waals surface area contributed by atoms with E-state index in [1.807, 2.05) is 24.3 Å². The van der Waals surface area contributed by atoms with Gasteiger partial charge in [-0.1, -0.05) is 0 Å². The number of carbonyl (C=O) groups is 1. The van der Waals surface area contributed by atoms with Gasteiger partial charge in [0.1, 0.15) is 6.29 Å². The molecule has 1 saturated heterocycles. The van der Waals surface area contributed by atoms with Crippen molar-refractivity contribution in [2.24, 2.45) is 0 Å². The minimum atomic E-state index is 0.204. The molecule has 1 N–H and O–H groups in total. The third-order valence-corrected chi connectivity index (χ3v) is 2.95. The van der Waals surface area contributed by atoms with Crippen molar-refractivity contribution in [3.05, 3.63) is 29.8 Å². The lowest BCUT2D eigenvalue weighted by atomic mass is 10.2. The van der Waals surface area contributed by atoms with Crippen LogP contribution in [0.15, 0.2) is 24.3 Å². The quantitative estimate of drug-likeness (QED) is 0.759. The molecule has 0 aromatic heterocycles. The number of hydrogen-bond donors (Lipinski definition) is 1. The van der Waals surface area contributed by atoms with Crippen LogP contribution in [0.5, 0.6) is 0 Å². The Morgan fingerprint density at radius 1 is 1.40 bits per heavy atom. The fourth-order valence-corrected chi connectivity index (χ4v) is 2.11. The summed E-state index contributed by atoms with van der Waals surface area (Å²) in [6.45, 7) is 1.20. The zero-order valence-electron chi connectivity index (χ0n) is 8.60. The molecule has 0 spiro atoms. The van der Waals surface area contributed by atoms with Gasteiger partial charge < -0.3 is 10.0 Å². The second-order valence-electron chi connectivity index (χ2n) is 3.88. The van der Waals surface area contributed by atoms with Crippen LogP contribution in [0.3, 0.4) is 0 Å². The second kappa shape index (κ2) is 4.45. The predicted molar refractivity (Wildman–Crippen MR) is 59.3 cm³/mol. The molecule has 3 heteroatoms. The van der Waals surface area contributed by atoms with Crippen LogP contribution in [0.25, 0.3) is 0 Å². The summed E-state index contributed by atoms with van der Waals surface area (Å²) < 4.78 is 0. The van der Waals surface area contributed by atoms with E-state index in [0.717, 1.165) is 31.4 Å². The largest absolute Gasteiger partial charge is 0.394 e. The van der Waals surface area contributed by atoms with Crippen LogP contribution in [-0.2, 0) is 0 Å². The maximum atomic E-state index is 10.5. The number of hydrogen-bond acceptors (Lipinski definition) is 3. The summed E-state index contributed by atoms with van der Waals surface area (Å²) >= 11 is 0. The van der Waals surface area contributed by atoms with Crippen molar-refractivity contribution >= 4 is 12.0 Å². The topological polar surface area (TPSA) is 40.5 Å². The van der Waals surface area contributed by atoms with E-state index in [-0.39, 0.29) is 12.6 Å². The first-order valence-electron chi connectivity index (χ1n) is 5.28. The Morgan fingerprint density at radius 2 is 2.13 bits per heavy atom. The van der Waals surface area contributed by atoms with Crippen molar-refractivity contribution in [2.75, 3.05) is 18.1 Å². The van der Waals surface area contributed by atoms with E-state index in [4.69, 9.17) is 0 Å². The molecule has 0 saturated carbocycles. The fraction of sp³-hybridized carbons (Fsp3) is 0.417. The Hall–Kier alpha value is -1.35. The summed E-state index contributed by atoms with van der Waals surface area (Å²) in [6.07, 6.45) is 3.02. The summed E-state index contributed by atoms with van der Waals surface area (Å²) in [7, 11) is 0. The van der Waals surface area contributed by atoms with Crippen molar-refractivity contribution in [3.63, 3.8) is 0 Å². The van der Waals surface area contributed by atoms with Gasteiger partial charge in [-0.05, 0) is 37.1 Å². The third-order valence-electron chi connectivity index (χ3n) is 2.95. The van der Waals surface area contributed by atoms with E-state index < -0.39 is 0 Å². The summed E-state index contributed by atoms with van der Waals surface area (Å²) in [5.74, 6) is 0. The highest BCUT2D eigenvalue weighted by molar-refractivity contribution is 5.75. The lowest BCUT2D eigenvalue weighted by molar-refractivity contribution is 0.112. The Kier molecular flexibility index (Phi) is 3.02. The fourth-order valence-electron chi connectivity index (χ4n) is 2.11. The average molecular weight is 205 g/mol. The van der Waals surface area contributed by atoms with Gasteiger partial charge in [-0.25, -0.2) is 0 Å². The maximum absolute atomic E-state index is 10.5. The normalized spacial score (nSPS) is 20.6. The monoisotopic (exact) mass is 205 g/mol. The van der Waals surface area contributed by atoms with Crippen molar-refractivity contribution in [3.8, 4) is 0 Å². The van der Waals surface area contributed by atoms with Crippen LogP contribution >= 0.6 is 0 Å². The molecule has 1 fully saturated rings. The zero-order chi connectivity index (χ0) is 10.7. The highest BCUT2D eigenvalue weighted by Gasteiger charge is 2.23. The Balaban J connectivity index is 2.17. The number of benzene rings is 1. The van der Waals surface area contributed by atoms with E-state index >= 15 is 0 Å². The summed E-state index contributed by atoms with van der Waals surface area (Å²) in [5, 5.41) is 9.20. The highest BCUT2D eigenvalue weighted by Crippen LogP contribution is 2.25. The Bertz CT molecular complexity index is 334. The molecular formula is C12H15NO2. The zero-order valence-corrected chi connectivity index (χ0v) is 8.60. The van der Waals surface area contributed by atoms with Crippen LogP contribution in [0, 0.1) is 0 Å². The lowest BCUT2D eigenvalue weighted by Crippen LogP contribution is -2.31. The van der Waals surface area contributed by atoms with Crippen molar-refractivity contribution < 1.29 is 9.90 Å². The molecule has 1 aromatic carbocycles. The molecule has 1 heterocycles. The van der Waals surface area contributed by atoms with Crippen LogP contribution in [0.4, 0.5) is 5.69 Å². The van der Waals surface area contributed by atoms with Gasteiger partial charge in [0, 0.05) is 17.8 Å². The minimum Gasteiger partial charge on any atom is -0.394 e. The summed E-state index contributed by atoms with van der Waals surface area (Å²) in [4.78, 5) is 12.7. The molecule has 15 heavy (non-hydrogen) atoms. The van der Waals surface area contributed by atoms with Crippen LogP contribution in [-0.4, -0.2) is 30.6 Å². The molecule has 0 radical (unpaired) electrons. The van der Waals surface area contributed by atoms with Gasteiger partial charge in [0.2, 0.25) is 0 Å². The van der Waals surface area contributed by atoms with Gasteiger partial charge in [0.15, 0.2) is 0 Å². The van der Waals surface area contributed by atoms with Crippen molar-refractivity contribution in [1.82, 2.24) is 0 Å². The summed E-state index contributed by atoms with van der Waals surface area (Å²) in [6, 6.07) is 7.76. The molecule has 2 rings (SSSR count). The van der Waals surface area contributed by atoms with Crippen LogP contribution in [0.1, 0.15) is 23.2 Å². The maximum Gasteiger partial charge on any atom is 0.150 e. The smallest absolute Gasteiger partial charge is 0.150 e. The molecule has 1 atom stereocenters. The van der Waals surface area contributed by atoms with Gasteiger partial charge in [-0.3, -0.25) is 4.79 Å². The number of aldehydes is 1. The van der Waals surface area contributed by atoms with Gasteiger partial charge >= 0.3 is 0 Å². The lowest BCUT2D eigenvalue weighted by Gasteiger charge is -2.25. The molecule has 0 bridgehead atoms. The van der Waals surface area contributed by atoms with E-state index in [2.05, 4.69) is 4.90 Å². The van der Waals surface area contributed by atoms with Crippen molar-refractivity contribution in [2.45, 2.75) is 18.9 Å². The summed E-state index contributed by atoms with van der Waals surface area (Å²) in [5.41, 5.74) is 1.79. The van der Waals surface area contributed by atoms with E-state index in [1.165, 1.54) is 0 Å². The standard InChI is InChI=1S/C12H15NO2/c14-8-10-3-5-11(6-4-10)13-7-1-2-12(13)9-15/h3-6,8,12,15H,1-2,7,9H2. The molecule has 80 valence electrons. The van der Waals surface area contributed by atoms with Crippen molar-refractivity contribution in [1.29, 1.82) is 0 Å². The van der Waals surface area contributed by atoms with Gasteiger partial charge in [0.25, 0.3) is 0 Å². The number of rotatable bonds is 3. The van der Waals surface area contributed by atoms with Gasteiger partial charge in [0.05, 0.1) is 12.6 Å². The number of anilines is 1. The Morgan fingerprint density at radius 3 is 2.73 bits per heavy atom. The first kappa shape index (κ1) is 10.2. The molecule has 3 nitrogen and oxygen atoms in total. The number of nitrogens with zero attached hydrogens (tertiary/aromatic N) is 1. The molecule has 1 unspecified atom stereocenters. The highest BCUT2D eigenvalue weighted by atomic mass is 16.3. The van der Waals surface area contributed by atoms with Crippen LogP contribution in [0.2, 0.25) is 0 Å². The van der Waals surface area contributed by atoms with E-state index in [9.17, 15) is 9.90 Å². The first-order chi connectivity index (χ1) is 7.35. The molecule has 1 aliphatic rings. The van der Waals surface area contributed by atoms with E-state index in [0.29, 0.717) is 5.56 Å². The second-order valence-corrected chi connectivity index (χ2v) is 3.88.